The van der Waals surface area contributed by atoms with Crippen LogP contribution in [0.1, 0.15) is 40.5 Å². The van der Waals surface area contributed by atoms with Gasteiger partial charge in [0, 0.05) is 18.1 Å². The van der Waals surface area contributed by atoms with Gasteiger partial charge in [-0.15, -0.1) is 0 Å². The molecule has 1 aliphatic rings. The van der Waals surface area contributed by atoms with Crippen LogP contribution in [0.15, 0.2) is 0 Å². The molecule has 0 aromatic rings. The molecule has 1 rings (SSSR count). The van der Waals surface area contributed by atoms with Crippen LogP contribution in [0.4, 0.5) is 0 Å². The molecule has 0 bridgehead atoms. The first-order chi connectivity index (χ1) is 7.90. The Bertz CT molecular complexity index is 242. The quantitative estimate of drug-likeness (QED) is 0.754. The zero-order valence-electron chi connectivity index (χ0n) is 11.7. The molecule has 1 aliphatic heterocycles. The van der Waals surface area contributed by atoms with Gasteiger partial charge in [-0.2, -0.15) is 0 Å². The maximum Gasteiger partial charge on any atom is 0.234 e. The van der Waals surface area contributed by atoms with Crippen molar-refractivity contribution in [2.24, 2.45) is 0 Å². The van der Waals surface area contributed by atoms with Crippen LogP contribution in [-0.4, -0.2) is 48.6 Å². The maximum atomic E-state index is 11.8. The Morgan fingerprint density at radius 1 is 1.47 bits per heavy atom. The van der Waals surface area contributed by atoms with Crippen LogP contribution in [0.2, 0.25) is 0 Å². The lowest BCUT2D eigenvalue weighted by Gasteiger charge is -2.26. The first-order valence-electron chi connectivity index (χ1n) is 6.67. The minimum atomic E-state index is -0.137. The summed E-state index contributed by atoms with van der Waals surface area (Å²) < 4.78 is 0. The van der Waals surface area contributed by atoms with Crippen molar-refractivity contribution in [2.45, 2.75) is 52.1 Å². The Morgan fingerprint density at radius 2 is 2.18 bits per heavy atom. The van der Waals surface area contributed by atoms with Gasteiger partial charge in [0.15, 0.2) is 0 Å². The van der Waals surface area contributed by atoms with E-state index < -0.39 is 0 Å². The van der Waals surface area contributed by atoms with Crippen molar-refractivity contribution < 1.29 is 4.79 Å². The molecule has 1 saturated heterocycles. The number of hydrogen-bond donors (Lipinski definition) is 2. The van der Waals surface area contributed by atoms with Crippen molar-refractivity contribution in [3.63, 3.8) is 0 Å². The van der Waals surface area contributed by atoms with Crippen molar-refractivity contribution in [1.29, 1.82) is 0 Å². The zero-order valence-corrected chi connectivity index (χ0v) is 11.7. The summed E-state index contributed by atoms with van der Waals surface area (Å²) >= 11 is 0. The third kappa shape index (κ3) is 6.03. The number of amides is 1. The first-order valence-corrected chi connectivity index (χ1v) is 6.67. The van der Waals surface area contributed by atoms with Crippen molar-refractivity contribution in [3.8, 4) is 0 Å². The Labute approximate surface area is 105 Å². The van der Waals surface area contributed by atoms with E-state index in [1.807, 2.05) is 20.8 Å². The third-order valence-electron chi connectivity index (χ3n) is 2.97. The summed E-state index contributed by atoms with van der Waals surface area (Å²) in [6, 6.07) is 0.567. The lowest BCUT2D eigenvalue weighted by molar-refractivity contribution is -0.123. The van der Waals surface area contributed by atoms with Crippen LogP contribution < -0.4 is 10.6 Å². The molecule has 100 valence electrons. The van der Waals surface area contributed by atoms with E-state index in [9.17, 15) is 4.79 Å². The highest BCUT2D eigenvalue weighted by Gasteiger charge is 2.20. The van der Waals surface area contributed by atoms with E-state index in [1.165, 1.54) is 12.8 Å². The van der Waals surface area contributed by atoms with E-state index in [1.54, 1.807) is 0 Å². The molecule has 1 heterocycles. The van der Waals surface area contributed by atoms with Gasteiger partial charge in [0.1, 0.15) is 0 Å². The molecule has 2 N–H and O–H groups in total. The van der Waals surface area contributed by atoms with Gasteiger partial charge in [0.2, 0.25) is 5.91 Å². The highest BCUT2D eigenvalue weighted by Crippen LogP contribution is 2.07. The number of carbonyl (C=O) groups is 1. The molecule has 1 atom stereocenters. The molecule has 0 radical (unpaired) electrons. The first kappa shape index (κ1) is 14.5. The summed E-state index contributed by atoms with van der Waals surface area (Å²) in [4.78, 5) is 14.0. The second-order valence-electron chi connectivity index (χ2n) is 5.92. The van der Waals surface area contributed by atoms with Gasteiger partial charge in [0.05, 0.1) is 6.54 Å². The van der Waals surface area contributed by atoms with Crippen LogP contribution in [0.5, 0.6) is 0 Å². The second kappa shape index (κ2) is 6.36. The molecule has 0 aromatic carbocycles. The summed E-state index contributed by atoms with van der Waals surface area (Å²) in [6.45, 7) is 11.7. The van der Waals surface area contributed by atoms with Crippen molar-refractivity contribution >= 4 is 5.91 Å². The Balaban J connectivity index is 2.32. The third-order valence-corrected chi connectivity index (χ3v) is 2.97. The van der Waals surface area contributed by atoms with E-state index in [4.69, 9.17) is 0 Å². The molecule has 0 spiro atoms. The molecule has 0 aromatic heterocycles. The van der Waals surface area contributed by atoms with Crippen LogP contribution in [0.25, 0.3) is 0 Å². The summed E-state index contributed by atoms with van der Waals surface area (Å²) in [6.07, 6.45) is 2.49. The second-order valence-corrected chi connectivity index (χ2v) is 5.92. The molecule has 1 amide bonds. The summed E-state index contributed by atoms with van der Waals surface area (Å²) in [7, 11) is 0. The molecule has 0 aliphatic carbocycles. The van der Waals surface area contributed by atoms with Gasteiger partial charge in [-0.25, -0.2) is 0 Å². The molecule has 4 nitrogen and oxygen atoms in total. The molecule has 1 fully saturated rings. The Morgan fingerprint density at radius 3 is 2.65 bits per heavy atom. The maximum absolute atomic E-state index is 11.8. The normalized spacial score (nSPS) is 20.9. The number of nitrogens with one attached hydrogen (secondary N) is 2. The fraction of sp³-hybridized carbons (Fsp3) is 0.923. The standard InChI is InChI=1S/C13H27N3O/c1-5-16(9-11-7-6-8-14-11)10-12(17)15-13(2,3)4/h11,14H,5-10H2,1-4H3,(H,15,17). The number of carbonyl (C=O) groups excluding carboxylic acids is 1. The molecule has 0 saturated carbocycles. The van der Waals surface area contributed by atoms with Gasteiger partial charge in [0.25, 0.3) is 0 Å². The van der Waals surface area contributed by atoms with Gasteiger partial charge >= 0.3 is 0 Å². The monoisotopic (exact) mass is 241 g/mol. The summed E-state index contributed by atoms with van der Waals surface area (Å²) in [5.74, 6) is 0.123. The smallest absolute Gasteiger partial charge is 0.234 e. The molecular weight excluding hydrogens is 214 g/mol. The Hall–Kier alpha value is -0.610. The fourth-order valence-corrected chi connectivity index (χ4v) is 2.19. The molecule has 17 heavy (non-hydrogen) atoms. The minimum absolute atomic E-state index is 0.123. The van der Waals surface area contributed by atoms with Crippen LogP contribution in [-0.2, 0) is 4.79 Å². The number of nitrogens with zero attached hydrogens (tertiary/aromatic N) is 1. The van der Waals surface area contributed by atoms with E-state index >= 15 is 0 Å². The van der Waals surface area contributed by atoms with Crippen molar-refractivity contribution in [2.75, 3.05) is 26.2 Å². The van der Waals surface area contributed by atoms with Crippen molar-refractivity contribution in [1.82, 2.24) is 15.5 Å². The number of hydrogen-bond acceptors (Lipinski definition) is 3. The zero-order chi connectivity index (χ0) is 12.9. The highest BCUT2D eigenvalue weighted by atomic mass is 16.2. The molecule has 4 heteroatoms. The van der Waals surface area contributed by atoms with Crippen LogP contribution in [0.3, 0.4) is 0 Å². The summed E-state index contributed by atoms with van der Waals surface area (Å²) in [5.41, 5.74) is -0.137. The average molecular weight is 241 g/mol. The lowest BCUT2D eigenvalue weighted by atomic mass is 10.1. The molecule has 1 unspecified atom stereocenters. The summed E-state index contributed by atoms with van der Waals surface area (Å²) in [5, 5.41) is 6.48. The van der Waals surface area contributed by atoms with Crippen LogP contribution >= 0.6 is 0 Å². The lowest BCUT2D eigenvalue weighted by Crippen LogP contribution is -2.48. The predicted molar refractivity (Wildman–Crippen MR) is 71.0 cm³/mol. The highest BCUT2D eigenvalue weighted by molar-refractivity contribution is 5.78. The fourth-order valence-electron chi connectivity index (χ4n) is 2.19. The van der Waals surface area contributed by atoms with E-state index in [2.05, 4.69) is 22.5 Å². The van der Waals surface area contributed by atoms with Crippen LogP contribution in [0, 0.1) is 0 Å². The van der Waals surface area contributed by atoms with Crippen molar-refractivity contribution in [3.05, 3.63) is 0 Å². The largest absolute Gasteiger partial charge is 0.350 e. The number of likely N-dealkylation sites (N-methyl/N-ethyl adjacent to an activating group) is 1. The van der Waals surface area contributed by atoms with E-state index in [0.717, 1.165) is 19.6 Å². The van der Waals surface area contributed by atoms with E-state index in [-0.39, 0.29) is 11.4 Å². The van der Waals surface area contributed by atoms with Gasteiger partial charge in [-0.3, -0.25) is 9.69 Å². The minimum Gasteiger partial charge on any atom is -0.350 e. The molecular formula is C13H27N3O. The number of rotatable bonds is 5. The van der Waals surface area contributed by atoms with Gasteiger partial charge in [-0.05, 0) is 46.7 Å². The average Bonchev–Trinajstić information content (AvgIpc) is 2.66. The SMILES string of the molecule is CCN(CC(=O)NC(C)(C)C)CC1CCCN1. The topological polar surface area (TPSA) is 44.4 Å². The van der Waals surface area contributed by atoms with E-state index in [0.29, 0.717) is 12.6 Å². The Kier molecular flexibility index (Phi) is 5.40. The predicted octanol–water partition coefficient (Wildman–Crippen LogP) is 0.975. The van der Waals surface area contributed by atoms with Gasteiger partial charge < -0.3 is 10.6 Å². The van der Waals surface area contributed by atoms with Gasteiger partial charge in [-0.1, -0.05) is 6.92 Å².